The summed E-state index contributed by atoms with van der Waals surface area (Å²) in [6.07, 6.45) is 3.89. The number of Topliss-reactive ketones (excluding diaryl/α,β-unsaturated/α-hetero) is 3. The van der Waals surface area contributed by atoms with Crippen molar-refractivity contribution in [3.05, 3.63) is 129 Å². The molecule has 1 unspecified atom stereocenters. The Labute approximate surface area is 222 Å². The van der Waals surface area contributed by atoms with Crippen molar-refractivity contribution in [3.63, 3.8) is 0 Å². The van der Waals surface area contributed by atoms with Gasteiger partial charge in [0.1, 0.15) is 11.5 Å². The van der Waals surface area contributed by atoms with Crippen LogP contribution in [0.2, 0.25) is 5.02 Å². The van der Waals surface area contributed by atoms with Crippen LogP contribution in [0.1, 0.15) is 47.4 Å². The van der Waals surface area contributed by atoms with E-state index in [0.29, 0.717) is 26.6 Å². The zero-order valence-electron chi connectivity index (χ0n) is 19.5. The molecule has 7 rings (SSSR count). The van der Waals surface area contributed by atoms with Gasteiger partial charge in [0.25, 0.3) is 0 Å². The topological polar surface area (TPSA) is 54.5 Å². The van der Waals surface area contributed by atoms with Crippen LogP contribution in [-0.4, -0.2) is 29.4 Å². The molecule has 3 aliphatic rings. The van der Waals surface area contributed by atoms with E-state index < -0.39 is 23.4 Å². The molecule has 0 radical (unpaired) electrons. The van der Waals surface area contributed by atoms with Gasteiger partial charge in [0, 0.05) is 27.8 Å². The molecule has 1 aliphatic carbocycles. The van der Waals surface area contributed by atoms with Gasteiger partial charge in [-0.3, -0.25) is 14.4 Å². The number of nitrogens with zero attached hydrogens (tertiary/aromatic N) is 1. The molecule has 37 heavy (non-hydrogen) atoms. The second kappa shape index (κ2) is 8.10. The minimum Gasteiger partial charge on any atom is -0.352 e. The Morgan fingerprint density at radius 2 is 1.51 bits per heavy atom. The summed E-state index contributed by atoms with van der Waals surface area (Å²) in [6.45, 7) is 0. The molecule has 0 bridgehead atoms. The Hall–Kier alpha value is -3.80. The Kier molecular flexibility index (Phi) is 4.91. The number of ketones is 3. The van der Waals surface area contributed by atoms with Crippen LogP contribution in [-0.2, 0) is 0 Å². The van der Waals surface area contributed by atoms with Crippen molar-refractivity contribution in [1.82, 2.24) is 0 Å². The molecule has 6 heteroatoms. The Bertz CT molecular complexity index is 1600. The van der Waals surface area contributed by atoms with Crippen molar-refractivity contribution in [3.8, 4) is 0 Å². The summed E-state index contributed by atoms with van der Waals surface area (Å²) in [6, 6.07) is 24.3. The first-order chi connectivity index (χ1) is 18.0. The van der Waals surface area contributed by atoms with Crippen molar-refractivity contribution in [2.45, 2.75) is 18.0 Å². The maximum atomic E-state index is 14.5. The Balaban J connectivity index is 1.58. The number of rotatable bonds is 3. The predicted octanol–water partition coefficient (Wildman–Crippen LogP) is 6.72. The van der Waals surface area contributed by atoms with Gasteiger partial charge in [0.2, 0.25) is 0 Å². The van der Waals surface area contributed by atoms with Crippen LogP contribution >= 0.6 is 22.9 Å². The molecule has 1 aromatic heterocycles. The molecule has 1 fully saturated rings. The maximum Gasteiger partial charge on any atom is 0.195 e. The van der Waals surface area contributed by atoms with Crippen LogP contribution < -0.4 is 4.90 Å². The van der Waals surface area contributed by atoms with Crippen LogP contribution in [0.3, 0.4) is 0 Å². The number of carbonyl (C=O) groups excluding carboxylic acids is 3. The summed E-state index contributed by atoms with van der Waals surface area (Å²) in [4.78, 5) is 46.0. The number of anilines is 1. The van der Waals surface area contributed by atoms with E-state index >= 15 is 0 Å². The molecule has 4 aromatic rings. The van der Waals surface area contributed by atoms with Gasteiger partial charge in [0.15, 0.2) is 17.3 Å². The van der Waals surface area contributed by atoms with Crippen molar-refractivity contribution >= 4 is 52.1 Å². The van der Waals surface area contributed by atoms with Crippen molar-refractivity contribution in [2.75, 3.05) is 4.90 Å². The SMILES string of the molecule is O=C(c1cccs1)[C@H]1[C@H](c2ccccc2Cl)C2(C(=O)c3ccccc3C2=O)C2C=Cc3ccccc3N21. The van der Waals surface area contributed by atoms with Crippen LogP contribution in [0.5, 0.6) is 0 Å². The molecule has 0 N–H and O–H groups in total. The molecular weight excluding hydrogens is 502 g/mol. The number of para-hydroxylation sites is 1. The first-order valence-electron chi connectivity index (χ1n) is 12.1. The first-order valence-corrected chi connectivity index (χ1v) is 13.4. The van der Waals surface area contributed by atoms with Crippen LogP contribution in [0.15, 0.2) is 96.4 Å². The third-order valence-electron chi connectivity index (χ3n) is 7.99. The lowest BCUT2D eigenvalue weighted by Crippen LogP contribution is -2.48. The van der Waals surface area contributed by atoms with Gasteiger partial charge in [-0.2, -0.15) is 0 Å². The van der Waals surface area contributed by atoms with Crippen molar-refractivity contribution < 1.29 is 14.4 Å². The molecular formula is C31H20ClNO3S. The quantitative estimate of drug-likeness (QED) is 0.222. The van der Waals surface area contributed by atoms with E-state index in [4.69, 9.17) is 11.6 Å². The largest absolute Gasteiger partial charge is 0.352 e. The number of thiophene rings is 1. The lowest BCUT2D eigenvalue weighted by Gasteiger charge is -2.37. The number of halogens is 1. The molecule has 0 saturated carbocycles. The van der Waals surface area contributed by atoms with Crippen molar-refractivity contribution in [2.24, 2.45) is 5.41 Å². The van der Waals surface area contributed by atoms with Gasteiger partial charge < -0.3 is 4.90 Å². The molecule has 3 aromatic carbocycles. The van der Waals surface area contributed by atoms with Gasteiger partial charge in [-0.05, 0) is 34.7 Å². The molecule has 3 atom stereocenters. The molecule has 180 valence electrons. The van der Waals surface area contributed by atoms with E-state index in [-0.39, 0.29) is 17.3 Å². The average Bonchev–Trinajstić information content (AvgIpc) is 3.62. The summed E-state index contributed by atoms with van der Waals surface area (Å²) in [7, 11) is 0. The highest BCUT2D eigenvalue weighted by Gasteiger charge is 2.71. The van der Waals surface area contributed by atoms with E-state index in [9.17, 15) is 14.4 Å². The number of hydrogen-bond donors (Lipinski definition) is 0. The maximum absolute atomic E-state index is 14.5. The monoisotopic (exact) mass is 521 g/mol. The molecule has 1 spiro atoms. The second-order valence-electron chi connectivity index (χ2n) is 9.63. The normalized spacial score (nSPS) is 22.7. The van der Waals surface area contributed by atoms with Crippen LogP contribution in [0.25, 0.3) is 6.08 Å². The number of hydrogen-bond acceptors (Lipinski definition) is 5. The Morgan fingerprint density at radius 1 is 0.838 bits per heavy atom. The molecule has 2 aliphatic heterocycles. The van der Waals surface area contributed by atoms with Gasteiger partial charge in [0.05, 0.1) is 10.9 Å². The van der Waals surface area contributed by atoms with Crippen LogP contribution in [0.4, 0.5) is 5.69 Å². The van der Waals surface area contributed by atoms with E-state index in [2.05, 4.69) is 0 Å². The molecule has 1 saturated heterocycles. The standard InChI is InChI=1S/C31H20ClNO3S/c32-22-12-5-4-11-21(22)26-27(28(34)24-14-7-17-37-24)33-23-13-6-1-8-18(23)15-16-25(33)31(26)29(35)19-9-2-3-10-20(19)30(31)36/h1-17,25-27H/t25?,26-,27+/m0/s1. The lowest BCUT2D eigenvalue weighted by atomic mass is 9.64. The van der Waals surface area contributed by atoms with Gasteiger partial charge in [-0.25, -0.2) is 0 Å². The fourth-order valence-electron chi connectivity index (χ4n) is 6.55. The van der Waals surface area contributed by atoms with E-state index in [1.807, 2.05) is 71.0 Å². The summed E-state index contributed by atoms with van der Waals surface area (Å²) in [5.74, 6) is -1.41. The highest BCUT2D eigenvalue weighted by molar-refractivity contribution is 7.12. The number of carbonyl (C=O) groups is 3. The first kappa shape index (κ1) is 22.4. The zero-order valence-corrected chi connectivity index (χ0v) is 21.1. The second-order valence-corrected chi connectivity index (χ2v) is 11.0. The summed E-state index contributed by atoms with van der Waals surface area (Å²) in [5.41, 5.74) is 1.68. The smallest absolute Gasteiger partial charge is 0.195 e. The fraction of sp³-hybridized carbons (Fsp3) is 0.129. The Morgan fingerprint density at radius 3 is 2.22 bits per heavy atom. The minimum absolute atomic E-state index is 0.122. The van der Waals surface area contributed by atoms with E-state index in [1.54, 1.807) is 36.4 Å². The average molecular weight is 522 g/mol. The van der Waals surface area contributed by atoms with Crippen LogP contribution in [0, 0.1) is 5.41 Å². The van der Waals surface area contributed by atoms with Gasteiger partial charge >= 0.3 is 0 Å². The number of fused-ring (bicyclic) bond motifs is 5. The molecule has 4 nitrogen and oxygen atoms in total. The highest BCUT2D eigenvalue weighted by Crippen LogP contribution is 2.61. The van der Waals surface area contributed by atoms with Crippen molar-refractivity contribution in [1.29, 1.82) is 0 Å². The zero-order chi connectivity index (χ0) is 25.3. The summed E-state index contributed by atoms with van der Waals surface area (Å²) in [5, 5.41) is 2.30. The lowest BCUT2D eigenvalue weighted by molar-refractivity contribution is 0.0666. The van der Waals surface area contributed by atoms with E-state index in [1.165, 1.54) is 11.3 Å². The molecule has 0 amide bonds. The van der Waals surface area contributed by atoms with Gasteiger partial charge in [-0.15, -0.1) is 11.3 Å². The summed E-state index contributed by atoms with van der Waals surface area (Å²) >= 11 is 8.16. The predicted molar refractivity (Wildman–Crippen MR) is 146 cm³/mol. The van der Waals surface area contributed by atoms with E-state index in [0.717, 1.165) is 11.3 Å². The highest BCUT2D eigenvalue weighted by atomic mass is 35.5. The minimum atomic E-state index is -1.53. The number of benzene rings is 3. The van der Waals surface area contributed by atoms with Gasteiger partial charge in [-0.1, -0.05) is 90.5 Å². The summed E-state index contributed by atoms with van der Waals surface area (Å²) < 4.78 is 0. The third kappa shape index (κ3) is 2.87. The third-order valence-corrected chi connectivity index (χ3v) is 9.21. The molecule has 3 heterocycles. The fourth-order valence-corrected chi connectivity index (χ4v) is 7.50.